The van der Waals surface area contributed by atoms with Crippen LogP contribution in [0.3, 0.4) is 0 Å². The first kappa shape index (κ1) is 9.54. The third kappa shape index (κ3) is 2.83. The molecule has 12 heavy (non-hydrogen) atoms. The van der Waals surface area contributed by atoms with E-state index >= 15 is 0 Å². The Morgan fingerprint density at radius 2 is 2.33 bits per heavy atom. The van der Waals surface area contributed by atoms with Crippen LogP contribution in [0.15, 0.2) is 0 Å². The monoisotopic (exact) mass is 166 g/mol. The fourth-order valence-corrected chi connectivity index (χ4v) is 1.90. The van der Waals surface area contributed by atoms with Gasteiger partial charge in [0, 0.05) is 13.0 Å². The number of likely N-dealkylation sites (tertiary alicyclic amines) is 1. The lowest BCUT2D eigenvalue weighted by molar-refractivity contribution is 0.262. The SMILES string of the molecule is CCN1CCCCC(CC#N)C1. The molecule has 2 nitrogen and oxygen atoms in total. The molecule has 0 aromatic heterocycles. The highest BCUT2D eigenvalue weighted by Gasteiger charge is 2.16. The predicted octanol–water partition coefficient (Wildman–Crippen LogP) is 2.02. The van der Waals surface area contributed by atoms with E-state index in [1.165, 1.54) is 25.8 Å². The van der Waals surface area contributed by atoms with Gasteiger partial charge >= 0.3 is 0 Å². The Hall–Kier alpha value is -0.550. The fraction of sp³-hybridized carbons (Fsp3) is 0.900. The van der Waals surface area contributed by atoms with Crippen molar-refractivity contribution in [2.45, 2.75) is 32.6 Å². The van der Waals surface area contributed by atoms with Gasteiger partial charge in [-0.1, -0.05) is 13.3 Å². The number of nitriles is 1. The van der Waals surface area contributed by atoms with Crippen LogP contribution in [0, 0.1) is 17.2 Å². The van der Waals surface area contributed by atoms with Crippen LogP contribution in [0.5, 0.6) is 0 Å². The quantitative estimate of drug-likeness (QED) is 0.627. The summed E-state index contributed by atoms with van der Waals surface area (Å²) >= 11 is 0. The maximum Gasteiger partial charge on any atom is 0.0625 e. The van der Waals surface area contributed by atoms with Crippen molar-refractivity contribution in [3.63, 3.8) is 0 Å². The molecule has 2 heteroatoms. The van der Waals surface area contributed by atoms with Gasteiger partial charge in [-0.25, -0.2) is 0 Å². The van der Waals surface area contributed by atoms with Gasteiger partial charge < -0.3 is 4.90 Å². The molecule has 0 bridgehead atoms. The van der Waals surface area contributed by atoms with Crippen LogP contribution >= 0.6 is 0 Å². The summed E-state index contributed by atoms with van der Waals surface area (Å²) in [6.07, 6.45) is 4.62. The molecular formula is C10H18N2. The molecule has 1 atom stereocenters. The zero-order valence-corrected chi connectivity index (χ0v) is 7.92. The third-order valence-corrected chi connectivity index (χ3v) is 2.68. The zero-order valence-electron chi connectivity index (χ0n) is 7.92. The first-order chi connectivity index (χ1) is 5.86. The number of nitrogens with zero attached hydrogens (tertiary/aromatic N) is 2. The fourth-order valence-electron chi connectivity index (χ4n) is 1.90. The van der Waals surface area contributed by atoms with Crippen molar-refractivity contribution >= 4 is 0 Å². The summed E-state index contributed by atoms with van der Waals surface area (Å²) in [5.41, 5.74) is 0. The van der Waals surface area contributed by atoms with Gasteiger partial charge in [-0.3, -0.25) is 0 Å². The molecule has 0 radical (unpaired) electrons. The van der Waals surface area contributed by atoms with Gasteiger partial charge in [0.2, 0.25) is 0 Å². The third-order valence-electron chi connectivity index (χ3n) is 2.68. The number of rotatable bonds is 2. The van der Waals surface area contributed by atoms with Crippen LogP contribution in [0.4, 0.5) is 0 Å². The van der Waals surface area contributed by atoms with Crippen molar-refractivity contribution in [2.24, 2.45) is 5.92 Å². The maximum absolute atomic E-state index is 8.60. The lowest BCUT2D eigenvalue weighted by atomic mass is 10.0. The molecule has 1 heterocycles. The highest BCUT2D eigenvalue weighted by atomic mass is 15.1. The van der Waals surface area contributed by atoms with E-state index in [4.69, 9.17) is 5.26 Å². The Bertz CT molecular complexity index is 160. The second kappa shape index (κ2) is 5.16. The van der Waals surface area contributed by atoms with Gasteiger partial charge in [-0.05, 0) is 31.8 Å². The minimum Gasteiger partial charge on any atom is -0.303 e. The average molecular weight is 166 g/mol. The van der Waals surface area contributed by atoms with Gasteiger partial charge in [0.05, 0.1) is 6.07 Å². The predicted molar refractivity (Wildman–Crippen MR) is 49.7 cm³/mol. The molecular weight excluding hydrogens is 148 g/mol. The molecule has 1 saturated heterocycles. The van der Waals surface area contributed by atoms with E-state index < -0.39 is 0 Å². The number of hydrogen-bond acceptors (Lipinski definition) is 2. The molecule has 0 saturated carbocycles. The summed E-state index contributed by atoms with van der Waals surface area (Å²) in [6.45, 7) is 5.72. The molecule has 0 N–H and O–H groups in total. The summed E-state index contributed by atoms with van der Waals surface area (Å²) in [4.78, 5) is 2.47. The molecule has 68 valence electrons. The van der Waals surface area contributed by atoms with Crippen molar-refractivity contribution < 1.29 is 0 Å². The van der Waals surface area contributed by atoms with Gasteiger partial charge in [0.15, 0.2) is 0 Å². The van der Waals surface area contributed by atoms with Crippen molar-refractivity contribution in [2.75, 3.05) is 19.6 Å². The van der Waals surface area contributed by atoms with E-state index in [9.17, 15) is 0 Å². The normalized spacial score (nSPS) is 26.2. The lowest BCUT2D eigenvalue weighted by Crippen LogP contribution is -2.27. The first-order valence-corrected chi connectivity index (χ1v) is 4.96. The van der Waals surface area contributed by atoms with Gasteiger partial charge in [0.1, 0.15) is 0 Å². The number of hydrogen-bond donors (Lipinski definition) is 0. The molecule has 1 aliphatic heterocycles. The van der Waals surface area contributed by atoms with Gasteiger partial charge in [0.25, 0.3) is 0 Å². The Labute approximate surface area is 75.2 Å². The van der Waals surface area contributed by atoms with Crippen molar-refractivity contribution in [1.29, 1.82) is 5.26 Å². The smallest absolute Gasteiger partial charge is 0.0625 e. The highest BCUT2D eigenvalue weighted by Crippen LogP contribution is 2.18. The second-order valence-corrected chi connectivity index (χ2v) is 3.62. The van der Waals surface area contributed by atoms with E-state index in [0.717, 1.165) is 19.5 Å². The molecule has 1 unspecified atom stereocenters. The Balaban J connectivity index is 2.37. The zero-order chi connectivity index (χ0) is 8.81. The molecule has 1 aliphatic rings. The Morgan fingerprint density at radius 1 is 1.50 bits per heavy atom. The summed E-state index contributed by atoms with van der Waals surface area (Å²) in [5, 5.41) is 8.60. The largest absolute Gasteiger partial charge is 0.303 e. The lowest BCUT2D eigenvalue weighted by Gasteiger charge is -2.20. The molecule has 0 aromatic carbocycles. The van der Waals surface area contributed by atoms with Crippen molar-refractivity contribution in [3.05, 3.63) is 0 Å². The van der Waals surface area contributed by atoms with Crippen LogP contribution in [-0.4, -0.2) is 24.5 Å². The maximum atomic E-state index is 8.60. The van der Waals surface area contributed by atoms with Crippen molar-refractivity contribution in [3.8, 4) is 6.07 Å². The van der Waals surface area contributed by atoms with Crippen LogP contribution < -0.4 is 0 Å². The summed E-state index contributed by atoms with van der Waals surface area (Å²) in [5.74, 6) is 0.637. The topological polar surface area (TPSA) is 27.0 Å². The van der Waals surface area contributed by atoms with E-state index in [1.807, 2.05) is 0 Å². The summed E-state index contributed by atoms with van der Waals surface area (Å²) in [6, 6.07) is 2.28. The van der Waals surface area contributed by atoms with E-state index in [0.29, 0.717) is 5.92 Å². The summed E-state index contributed by atoms with van der Waals surface area (Å²) in [7, 11) is 0. The molecule has 0 aromatic rings. The van der Waals surface area contributed by atoms with Crippen LogP contribution in [0.1, 0.15) is 32.6 Å². The summed E-state index contributed by atoms with van der Waals surface area (Å²) < 4.78 is 0. The van der Waals surface area contributed by atoms with Crippen LogP contribution in [0.25, 0.3) is 0 Å². The second-order valence-electron chi connectivity index (χ2n) is 3.62. The minimum atomic E-state index is 0.637. The standard InChI is InChI=1S/C10H18N2/c1-2-12-8-4-3-5-10(9-12)6-7-11/h10H,2-6,8-9H2,1H3. The molecule has 1 fully saturated rings. The van der Waals surface area contributed by atoms with E-state index in [1.54, 1.807) is 0 Å². The first-order valence-electron chi connectivity index (χ1n) is 4.96. The van der Waals surface area contributed by atoms with Gasteiger partial charge in [-0.15, -0.1) is 0 Å². The van der Waals surface area contributed by atoms with E-state index in [2.05, 4.69) is 17.9 Å². The molecule has 0 aliphatic carbocycles. The van der Waals surface area contributed by atoms with Crippen molar-refractivity contribution in [1.82, 2.24) is 4.90 Å². The average Bonchev–Trinajstić information content (AvgIpc) is 2.30. The molecule has 0 amide bonds. The van der Waals surface area contributed by atoms with E-state index in [-0.39, 0.29) is 0 Å². The Kier molecular flexibility index (Phi) is 4.10. The molecule has 0 spiro atoms. The molecule has 1 rings (SSSR count). The van der Waals surface area contributed by atoms with Gasteiger partial charge in [-0.2, -0.15) is 5.26 Å². The van der Waals surface area contributed by atoms with Crippen LogP contribution in [0.2, 0.25) is 0 Å². The Morgan fingerprint density at radius 3 is 3.00 bits per heavy atom. The van der Waals surface area contributed by atoms with Crippen LogP contribution in [-0.2, 0) is 0 Å². The minimum absolute atomic E-state index is 0.637. The highest BCUT2D eigenvalue weighted by molar-refractivity contribution is 4.79.